The van der Waals surface area contributed by atoms with E-state index in [4.69, 9.17) is 20.8 Å². The summed E-state index contributed by atoms with van der Waals surface area (Å²) in [6, 6.07) is 15.2. The van der Waals surface area contributed by atoms with Gasteiger partial charge in [-0.05, 0) is 48.9 Å². The molecule has 0 fully saturated rings. The first-order valence-corrected chi connectivity index (χ1v) is 10.0. The molecule has 1 unspecified atom stereocenters. The first kappa shape index (κ1) is 19.3. The van der Waals surface area contributed by atoms with E-state index < -0.39 is 11.9 Å². The fraction of sp³-hybridized carbons (Fsp3) is 0.125. The molecule has 7 heteroatoms. The molecule has 0 spiro atoms. The summed E-state index contributed by atoms with van der Waals surface area (Å²) in [4.78, 5) is 32.8. The van der Waals surface area contributed by atoms with Crippen LogP contribution in [0.2, 0.25) is 5.02 Å². The molecule has 0 bridgehead atoms. The molecule has 1 atom stereocenters. The fourth-order valence-corrected chi connectivity index (χ4v) is 4.07. The number of hydrogen-bond donors (Lipinski definition) is 0. The van der Waals surface area contributed by atoms with Gasteiger partial charge >= 0.3 is 0 Å². The van der Waals surface area contributed by atoms with Gasteiger partial charge in [0.25, 0.3) is 5.91 Å². The third-order valence-corrected chi connectivity index (χ3v) is 5.62. The molecular formula is C24H17ClN2O4. The summed E-state index contributed by atoms with van der Waals surface area (Å²) >= 11 is 6.00. The van der Waals surface area contributed by atoms with Crippen LogP contribution < -0.4 is 15.1 Å². The Morgan fingerprint density at radius 2 is 1.94 bits per heavy atom. The van der Waals surface area contributed by atoms with Crippen molar-refractivity contribution in [3.05, 3.63) is 98.5 Å². The van der Waals surface area contributed by atoms with Crippen LogP contribution in [0.5, 0.6) is 5.75 Å². The lowest BCUT2D eigenvalue weighted by Gasteiger charge is -2.24. The number of aryl methyl sites for hydroxylation is 1. The van der Waals surface area contributed by atoms with Gasteiger partial charge in [-0.1, -0.05) is 35.4 Å². The van der Waals surface area contributed by atoms with Crippen molar-refractivity contribution in [2.75, 3.05) is 12.0 Å². The molecule has 1 aliphatic rings. The summed E-state index contributed by atoms with van der Waals surface area (Å²) in [5.41, 5.74) is 2.06. The lowest BCUT2D eigenvalue weighted by atomic mass is 9.98. The summed E-state index contributed by atoms with van der Waals surface area (Å²) in [7, 11) is 1.57. The second-order valence-corrected chi connectivity index (χ2v) is 7.80. The Bertz CT molecular complexity index is 1400. The van der Waals surface area contributed by atoms with Crippen LogP contribution in [0.15, 0.2) is 70.0 Å². The van der Waals surface area contributed by atoms with E-state index in [0.717, 1.165) is 5.56 Å². The number of ether oxygens (including phenoxy) is 1. The van der Waals surface area contributed by atoms with Crippen molar-refractivity contribution in [1.29, 1.82) is 0 Å². The van der Waals surface area contributed by atoms with Gasteiger partial charge in [0.2, 0.25) is 5.76 Å². The van der Waals surface area contributed by atoms with E-state index in [1.165, 1.54) is 11.1 Å². The van der Waals surface area contributed by atoms with Crippen LogP contribution in [0.3, 0.4) is 0 Å². The third kappa shape index (κ3) is 3.07. The summed E-state index contributed by atoms with van der Waals surface area (Å²) in [6.07, 6.45) is 1.46. The maximum atomic E-state index is 13.6. The maximum Gasteiger partial charge on any atom is 0.296 e. The number of pyridine rings is 1. The molecule has 31 heavy (non-hydrogen) atoms. The number of anilines is 1. The molecule has 0 radical (unpaired) electrons. The van der Waals surface area contributed by atoms with Crippen molar-refractivity contribution in [1.82, 2.24) is 4.98 Å². The van der Waals surface area contributed by atoms with E-state index in [-0.39, 0.29) is 16.8 Å². The average molecular weight is 433 g/mol. The van der Waals surface area contributed by atoms with Crippen LogP contribution in [0.4, 0.5) is 5.82 Å². The normalized spacial score (nSPS) is 15.4. The van der Waals surface area contributed by atoms with Crippen LogP contribution in [-0.2, 0) is 0 Å². The molecular weight excluding hydrogens is 416 g/mol. The largest absolute Gasteiger partial charge is 0.497 e. The number of benzene rings is 2. The molecule has 0 aliphatic carbocycles. The predicted octanol–water partition coefficient (Wildman–Crippen LogP) is 4.91. The minimum atomic E-state index is -0.715. The molecule has 2 aromatic carbocycles. The molecule has 1 aliphatic heterocycles. The number of hydrogen-bond acceptors (Lipinski definition) is 5. The van der Waals surface area contributed by atoms with Crippen molar-refractivity contribution in [3.63, 3.8) is 0 Å². The zero-order chi connectivity index (χ0) is 21.7. The van der Waals surface area contributed by atoms with Crippen LogP contribution in [0, 0.1) is 6.92 Å². The van der Waals surface area contributed by atoms with E-state index in [1.807, 2.05) is 25.1 Å². The van der Waals surface area contributed by atoms with Gasteiger partial charge in [-0.25, -0.2) is 4.98 Å². The molecule has 1 amide bonds. The van der Waals surface area contributed by atoms with Crippen LogP contribution in [0.25, 0.3) is 11.0 Å². The topological polar surface area (TPSA) is 72.6 Å². The highest BCUT2D eigenvalue weighted by atomic mass is 35.5. The Labute approximate surface area is 182 Å². The summed E-state index contributed by atoms with van der Waals surface area (Å²) in [6.45, 7) is 1.90. The molecule has 5 rings (SSSR count). The summed E-state index contributed by atoms with van der Waals surface area (Å²) in [5.74, 6) is 0.569. The molecule has 0 saturated heterocycles. The second-order valence-electron chi connectivity index (χ2n) is 7.36. The monoisotopic (exact) mass is 432 g/mol. The zero-order valence-electron chi connectivity index (χ0n) is 16.8. The van der Waals surface area contributed by atoms with E-state index in [0.29, 0.717) is 33.1 Å². The minimum Gasteiger partial charge on any atom is -0.497 e. The molecule has 154 valence electrons. The van der Waals surface area contributed by atoms with Gasteiger partial charge in [0.1, 0.15) is 17.2 Å². The maximum absolute atomic E-state index is 13.6. The van der Waals surface area contributed by atoms with Gasteiger partial charge < -0.3 is 9.15 Å². The minimum absolute atomic E-state index is 0.0194. The number of fused-ring (bicyclic) bond motifs is 2. The number of halogens is 1. The van der Waals surface area contributed by atoms with Crippen LogP contribution in [-0.4, -0.2) is 18.0 Å². The number of amides is 1. The third-order valence-electron chi connectivity index (χ3n) is 5.39. The SMILES string of the molecule is COc1cccc(C2c3c(oc4ccc(C)cc4c3=O)C(=O)N2c2ccc(Cl)cn2)c1. The summed E-state index contributed by atoms with van der Waals surface area (Å²) in [5, 5.41) is 0.881. The van der Waals surface area contributed by atoms with Crippen molar-refractivity contribution < 1.29 is 13.9 Å². The first-order valence-electron chi connectivity index (χ1n) is 9.64. The second kappa shape index (κ2) is 7.25. The van der Waals surface area contributed by atoms with Crippen molar-refractivity contribution in [2.24, 2.45) is 0 Å². The van der Waals surface area contributed by atoms with Gasteiger partial charge in [-0.15, -0.1) is 0 Å². The highest BCUT2D eigenvalue weighted by molar-refractivity contribution is 6.30. The van der Waals surface area contributed by atoms with Gasteiger partial charge in [-0.3, -0.25) is 14.5 Å². The van der Waals surface area contributed by atoms with Crippen LogP contribution in [0.1, 0.15) is 33.3 Å². The van der Waals surface area contributed by atoms with E-state index >= 15 is 0 Å². The lowest BCUT2D eigenvalue weighted by molar-refractivity contribution is 0.0970. The molecule has 2 aromatic heterocycles. The highest BCUT2D eigenvalue weighted by Gasteiger charge is 2.44. The molecule has 0 saturated carbocycles. The molecule has 4 aromatic rings. The number of carbonyl (C=O) groups is 1. The Hall–Kier alpha value is -3.64. The lowest BCUT2D eigenvalue weighted by Crippen LogP contribution is -2.30. The van der Waals surface area contributed by atoms with Crippen molar-refractivity contribution in [2.45, 2.75) is 13.0 Å². The Morgan fingerprint density at radius 3 is 2.68 bits per heavy atom. The van der Waals surface area contributed by atoms with E-state index in [2.05, 4.69) is 4.98 Å². The molecule has 3 heterocycles. The number of methoxy groups -OCH3 is 1. The number of nitrogens with zero attached hydrogens (tertiary/aromatic N) is 2. The Balaban J connectivity index is 1.82. The number of carbonyl (C=O) groups excluding carboxylic acids is 1. The van der Waals surface area contributed by atoms with Gasteiger partial charge in [0, 0.05) is 6.20 Å². The van der Waals surface area contributed by atoms with E-state index in [9.17, 15) is 9.59 Å². The number of aromatic nitrogens is 1. The Kier molecular flexibility index (Phi) is 4.52. The molecule has 6 nitrogen and oxygen atoms in total. The van der Waals surface area contributed by atoms with Crippen molar-refractivity contribution in [3.8, 4) is 5.75 Å². The highest BCUT2D eigenvalue weighted by Crippen LogP contribution is 2.41. The Morgan fingerprint density at radius 1 is 1.10 bits per heavy atom. The van der Waals surface area contributed by atoms with Gasteiger partial charge in [-0.2, -0.15) is 0 Å². The zero-order valence-corrected chi connectivity index (χ0v) is 17.5. The number of rotatable bonds is 3. The summed E-state index contributed by atoms with van der Waals surface area (Å²) < 4.78 is 11.3. The van der Waals surface area contributed by atoms with Crippen LogP contribution >= 0.6 is 11.6 Å². The first-order chi connectivity index (χ1) is 15.0. The van der Waals surface area contributed by atoms with E-state index in [1.54, 1.807) is 43.5 Å². The van der Waals surface area contributed by atoms with Gasteiger partial charge in [0.05, 0.1) is 29.1 Å². The van der Waals surface area contributed by atoms with Crippen molar-refractivity contribution >= 4 is 34.3 Å². The fourth-order valence-electron chi connectivity index (χ4n) is 3.96. The standard InChI is InChI=1S/C24H17ClN2O4/c1-13-6-8-18-17(10-13)22(28)20-21(14-4-3-5-16(11-14)30-2)27(24(29)23(20)31-18)19-9-7-15(25)12-26-19/h3-12,21H,1-2H3. The smallest absolute Gasteiger partial charge is 0.296 e. The average Bonchev–Trinajstić information content (AvgIpc) is 3.07. The van der Waals surface area contributed by atoms with Gasteiger partial charge in [0.15, 0.2) is 5.43 Å². The predicted molar refractivity (Wildman–Crippen MR) is 118 cm³/mol. The quantitative estimate of drug-likeness (QED) is 0.460. The molecule has 0 N–H and O–H groups in total.